The highest BCUT2D eigenvalue weighted by Crippen LogP contribution is 2.29. The number of imidazole rings is 2. The smallest absolute Gasteiger partial charge is 0.142 e. The van der Waals surface area contributed by atoms with E-state index in [0.717, 1.165) is 22.8 Å². The van der Waals surface area contributed by atoms with Crippen LogP contribution >= 0.6 is 0 Å². The minimum Gasteiger partial charge on any atom is -0.383 e. The van der Waals surface area contributed by atoms with Crippen molar-refractivity contribution in [2.45, 2.75) is 0 Å². The van der Waals surface area contributed by atoms with Crippen molar-refractivity contribution in [3.05, 3.63) is 42.9 Å². The minimum atomic E-state index is 0.641. The molecule has 0 spiro atoms. The number of nitrogen functional groups attached to an aromatic ring is 1. The molecule has 0 atom stereocenters. The molecule has 0 unspecified atom stereocenters. The second-order valence-corrected chi connectivity index (χ2v) is 4.48. The number of hydrogen-bond acceptors (Lipinski definition) is 3. The van der Waals surface area contributed by atoms with Gasteiger partial charge in [0.15, 0.2) is 0 Å². The third kappa shape index (κ3) is 1.79. The van der Waals surface area contributed by atoms with Crippen LogP contribution in [0.3, 0.4) is 0 Å². The van der Waals surface area contributed by atoms with Gasteiger partial charge in [0.2, 0.25) is 0 Å². The number of hydrogen-bond donors (Lipinski definition) is 1. The van der Waals surface area contributed by atoms with Gasteiger partial charge in [-0.1, -0.05) is 30.3 Å². The lowest BCUT2D eigenvalue weighted by Crippen LogP contribution is -1.99. The van der Waals surface area contributed by atoms with Crippen molar-refractivity contribution >= 4 is 5.82 Å². The summed E-state index contributed by atoms with van der Waals surface area (Å²) in [6.07, 6.45) is 3.51. The van der Waals surface area contributed by atoms with E-state index in [2.05, 4.69) is 9.97 Å². The predicted molar refractivity (Wildman–Crippen MR) is 75.3 cm³/mol. The van der Waals surface area contributed by atoms with E-state index in [4.69, 9.17) is 5.73 Å². The van der Waals surface area contributed by atoms with Crippen LogP contribution in [0.5, 0.6) is 0 Å². The number of rotatable bonds is 2. The Morgan fingerprint density at radius 2 is 1.84 bits per heavy atom. The third-order valence-corrected chi connectivity index (χ3v) is 3.23. The Labute approximate surface area is 111 Å². The van der Waals surface area contributed by atoms with Gasteiger partial charge in [0, 0.05) is 19.7 Å². The summed E-state index contributed by atoms with van der Waals surface area (Å²) in [4.78, 5) is 8.77. The van der Waals surface area contributed by atoms with E-state index < -0.39 is 0 Å². The highest BCUT2D eigenvalue weighted by molar-refractivity contribution is 5.73. The Hall–Kier alpha value is -2.56. The monoisotopic (exact) mass is 253 g/mol. The molecule has 2 heterocycles. The summed E-state index contributed by atoms with van der Waals surface area (Å²) < 4.78 is 3.81. The maximum Gasteiger partial charge on any atom is 0.142 e. The summed E-state index contributed by atoms with van der Waals surface area (Å²) in [5.41, 5.74) is 8.88. The van der Waals surface area contributed by atoms with E-state index in [1.807, 2.05) is 53.6 Å². The number of aryl methyl sites for hydroxylation is 1. The number of benzene rings is 1. The van der Waals surface area contributed by atoms with Crippen molar-refractivity contribution in [1.82, 2.24) is 19.1 Å². The Balaban J connectivity index is 2.18. The van der Waals surface area contributed by atoms with Crippen molar-refractivity contribution < 1.29 is 0 Å². The molecule has 0 amide bonds. The topological polar surface area (TPSA) is 61.7 Å². The first-order valence-electron chi connectivity index (χ1n) is 6.03. The zero-order valence-electron chi connectivity index (χ0n) is 10.9. The van der Waals surface area contributed by atoms with Gasteiger partial charge in [-0.05, 0) is 0 Å². The van der Waals surface area contributed by atoms with Gasteiger partial charge in [0.25, 0.3) is 0 Å². The first-order chi connectivity index (χ1) is 9.18. The van der Waals surface area contributed by atoms with Crippen molar-refractivity contribution in [3.63, 3.8) is 0 Å². The molecule has 0 aliphatic rings. The molecule has 0 saturated heterocycles. The molecule has 0 fully saturated rings. The van der Waals surface area contributed by atoms with Crippen LogP contribution in [0.1, 0.15) is 0 Å². The van der Waals surface area contributed by atoms with Crippen molar-refractivity contribution in [1.29, 1.82) is 0 Å². The molecule has 0 bridgehead atoms. The fourth-order valence-corrected chi connectivity index (χ4v) is 2.13. The van der Waals surface area contributed by atoms with E-state index in [9.17, 15) is 0 Å². The average Bonchev–Trinajstić information content (AvgIpc) is 2.97. The predicted octanol–water partition coefficient (Wildman–Crippen LogP) is 2.07. The van der Waals surface area contributed by atoms with Crippen molar-refractivity contribution in [3.8, 4) is 22.8 Å². The number of nitrogens with two attached hydrogens (primary N) is 1. The number of nitrogens with zero attached hydrogens (tertiary/aromatic N) is 4. The zero-order chi connectivity index (χ0) is 13.4. The maximum atomic E-state index is 6.16. The maximum absolute atomic E-state index is 6.16. The van der Waals surface area contributed by atoms with Gasteiger partial charge in [-0.25, -0.2) is 9.97 Å². The van der Waals surface area contributed by atoms with E-state index in [0.29, 0.717) is 5.82 Å². The van der Waals surface area contributed by atoms with E-state index in [-0.39, 0.29) is 0 Å². The summed E-state index contributed by atoms with van der Waals surface area (Å²) in [7, 11) is 3.85. The molecule has 0 radical (unpaired) electrons. The molecule has 19 heavy (non-hydrogen) atoms. The fourth-order valence-electron chi connectivity index (χ4n) is 2.13. The molecule has 3 aromatic rings. The molecular weight excluding hydrogens is 238 g/mol. The molecular formula is C14H15N5. The first kappa shape index (κ1) is 11.5. The molecule has 0 aliphatic heterocycles. The Bertz CT molecular complexity index is 709. The summed E-state index contributed by atoms with van der Waals surface area (Å²) in [6, 6.07) is 10.0. The summed E-state index contributed by atoms with van der Waals surface area (Å²) >= 11 is 0. The van der Waals surface area contributed by atoms with Gasteiger partial charge in [-0.2, -0.15) is 0 Å². The van der Waals surface area contributed by atoms with E-state index >= 15 is 0 Å². The molecule has 3 rings (SSSR count). The average molecular weight is 253 g/mol. The van der Waals surface area contributed by atoms with Crippen LogP contribution in [-0.2, 0) is 14.1 Å². The lowest BCUT2D eigenvalue weighted by atomic mass is 10.2. The van der Waals surface area contributed by atoms with Crippen LogP contribution in [-0.4, -0.2) is 19.1 Å². The van der Waals surface area contributed by atoms with Crippen LogP contribution in [0.2, 0.25) is 0 Å². The van der Waals surface area contributed by atoms with Crippen LogP contribution in [0.4, 0.5) is 5.82 Å². The summed E-state index contributed by atoms with van der Waals surface area (Å²) in [5.74, 6) is 1.50. The van der Waals surface area contributed by atoms with Gasteiger partial charge in [-0.15, -0.1) is 0 Å². The first-order valence-corrected chi connectivity index (χ1v) is 6.03. The number of aromatic nitrogens is 4. The normalized spacial score (nSPS) is 10.8. The Morgan fingerprint density at radius 3 is 2.47 bits per heavy atom. The highest BCUT2D eigenvalue weighted by atomic mass is 15.1. The van der Waals surface area contributed by atoms with Gasteiger partial charge in [0.1, 0.15) is 17.3 Å². The quantitative estimate of drug-likeness (QED) is 0.760. The molecule has 0 saturated carbocycles. The minimum absolute atomic E-state index is 0.641. The van der Waals surface area contributed by atoms with Crippen LogP contribution < -0.4 is 5.73 Å². The van der Waals surface area contributed by atoms with Crippen LogP contribution in [0, 0.1) is 0 Å². The van der Waals surface area contributed by atoms with Gasteiger partial charge >= 0.3 is 0 Å². The summed E-state index contributed by atoms with van der Waals surface area (Å²) in [5, 5.41) is 0. The fraction of sp³-hybridized carbons (Fsp3) is 0.143. The highest BCUT2D eigenvalue weighted by Gasteiger charge is 2.16. The van der Waals surface area contributed by atoms with E-state index in [1.54, 1.807) is 12.5 Å². The molecule has 0 aliphatic carbocycles. The van der Waals surface area contributed by atoms with Crippen LogP contribution in [0.15, 0.2) is 42.9 Å². The SMILES string of the molecule is Cn1cncc1-c1nc(-c2ccccc2)n(C)c1N. The van der Waals surface area contributed by atoms with Crippen molar-refractivity contribution in [2.24, 2.45) is 14.1 Å². The van der Waals surface area contributed by atoms with Gasteiger partial charge in [0.05, 0.1) is 18.2 Å². The molecule has 2 aromatic heterocycles. The largest absolute Gasteiger partial charge is 0.383 e. The molecule has 5 heteroatoms. The molecule has 96 valence electrons. The standard InChI is InChI=1S/C14H15N5/c1-18-9-16-8-11(18)12-13(15)19(2)14(17-12)10-6-4-3-5-7-10/h3-9H,15H2,1-2H3. The lowest BCUT2D eigenvalue weighted by Gasteiger charge is -2.02. The number of anilines is 1. The summed E-state index contributed by atoms with van der Waals surface area (Å²) in [6.45, 7) is 0. The van der Waals surface area contributed by atoms with Crippen LogP contribution in [0.25, 0.3) is 22.8 Å². The molecule has 5 nitrogen and oxygen atoms in total. The Morgan fingerprint density at radius 1 is 1.11 bits per heavy atom. The van der Waals surface area contributed by atoms with Gasteiger partial charge < -0.3 is 14.9 Å². The molecule has 1 aromatic carbocycles. The third-order valence-electron chi connectivity index (χ3n) is 3.23. The van der Waals surface area contributed by atoms with Crippen molar-refractivity contribution in [2.75, 3.05) is 5.73 Å². The molecule has 2 N–H and O–H groups in total. The second kappa shape index (κ2) is 4.28. The zero-order valence-corrected chi connectivity index (χ0v) is 10.9. The van der Waals surface area contributed by atoms with Gasteiger partial charge in [-0.3, -0.25) is 0 Å². The Kier molecular flexibility index (Phi) is 2.59. The lowest BCUT2D eigenvalue weighted by molar-refractivity contribution is 0.917. The second-order valence-electron chi connectivity index (χ2n) is 4.48. The van der Waals surface area contributed by atoms with E-state index in [1.165, 1.54) is 0 Å².